The van der Waals surface area contributed by atoms with Gasteiger partial charge in [-0.25, -0.2) is 4.39 Å². The first-order valence-corrected chi connectivity index (χ1v) is 5.25. The number of benzene rings is 1. The predicted octanol–water partition coefficient (Wildman–Crippen LogP) is 2.88. The number of ether oxygens (including phenoxy) is 1. The van der Waals surface area contributed by atoms with Gasteiger partial charge in [0, 0.05) is 24.3 Å². The van der Waals surface area contributed by atoms with Crippen molar-refractivity contribution in [1.29, 1.82) is 0 Å². The van der Waals surface area contributed by atoms with Crippen molar-refractivity contribution in [2.24, 2.45) is 0 Å². The number of hydrogen-bond donors (Lipinski definition) is 0. The zero-order valence-electron chi connectivity index (χ0n) is 8.23. The van der Waals surface area contributed by atoms with Crippen molar-refractivity contribution < 1.29 is 14.1 Å². The molecule has 0 aromatic heterocycles. The Morgan fingerprint density at radius 1 is 1.50 bits per heavy atom. The number of halogens is 2. The molecule has 0 atom stereocenters. The quantitative estimate of drug-likeness (QED) is 0.467. The largest absolute Gasteiger partial charge is 0.481 e. The molecule has 0 aliphatic heterocycles. The molecule has 0 bridgehead atoms. The summed E-state index contributed by atoms with van der Waals surface area (Å²) in [7, 11) is 0. The average molecular weight is 246 g/mol. The number of para-hydroxylation sites is 1. The maximum absolute atomic E-state index is 13.4. The molecule has 16 heavy (non-hydrogen) atoms. The second-order valence-electron chi connectivity index (χ2n) is 3.65. The van der Waals surface area contributed by atoms with E-state index in [1.54, 1.807) is 0 Å². The van der Waals surface area contributed by atoms with Gasteiger partial charge in [0.1, 0.15) is 6.10 Å². The summed E-state index contributed by atoms with van der Waals surface area (Å²) >= 11 is 5.74. The molecule has 0 saturated heterocycles. The fourth-order valence-corrected chi connectivity index (χ4v) is 1.92. The standard InChI is InChI=1S/C10H9ClFNO3/c11-6-4-7(5-6)16-10-8(12)2-1-3-9(10)13(14)15/h1-3,6-7H,4-5H2. The summed E-state index contributed by atoms with van der Waals surface area (Å²) in [4.78, 5) is 10.0. The van der Waals surface area contributed by atoms with Gasteiger partial charge in [-0.3, -0.25) is 10.1 Å². The third-order valence-electron chi connectivity index (χ3n) is 2.46. The zero-order chi connectivity index (χ0) is 11.7. The van der Waals surface area contributed by atoms with E-state index in [-0.39, 0.29) is 22.9 Å². The summed E-state index contributed by atoms with van der Waals surface area (Å²) in [5.74, 6) is -1.01. The number of rotatable bonds is 3. The van der Waals surface area contributed by atoms with Crippen LogP contribution in [0.3, 0.4) is 0 Å². The van der Waals surface area contributed by atoms with Crippen LogP contribution in [0, 0.1) is 15.9 Å². The van der Waals surface area contributed by atoms with Crippen LogP contribution in [0.2, 0.25) is 0 Å². The summed E-state index contributed by atoms with van der Waals surface area (Å²) in [6.07, 6.45) is 0.957. The summed E-state index contributed by atoms with van der Waals surface area (Å²) in [6.45, 7) is 0. The van der Waals surface area contributed by atoms with Crippen LogP contribution in [0.1, 0.15) is 12.8 Å². The van der Waals surface area contributed by atoms with Crippen molar-refractivity contribution in [3.8, 4) is 5.75 Å². The third kappa shape index (κ3) is 2.09. The molecule has 6 heteroatoms. The van der Waals surface area contributed by atoms with Gasteiger partial charge in [0.2, 0.25) is 5.75 Å². The molecule has 1 aliphatic rings. The van der Waals surface area contributed by atoms with Crippen LogP contribution in [-0.2, 0) is 0 Å². The Kier molecular flexibility index (Phi) is 2.96. The van der Waals surface area contributed by atoms with Gasteiger partial charge >= 0.3 is 5.69 Å². The Balaban J connectivity index is 2.21. The molecule has 4 nitrogen and oxygen atoms in total. The monoisotopic (exact) mass is 245 g/mol. The average Bonchev–Trinajstić information content (AvgIpc) is 2.18. The molecule has 0 amide bonds. The van der Waals surface area contributed by atoms with Crippen molar-refractivity contribution in [1.82, 2.24) is 0 Å². The lowest BCUT2D eigenvalue weighted by atomic mass is 9.95. The minimum Gasteiger partial charge on any atom is -0.481 e. The smallest absolute Gasteiger partial charge is 0.314 e. The number of alkyl halides is 1. The highest BCUT2D eigenvalue weighted by atomic mass is 35.5. The Morgan fingerprint density at radius 3 is 2.75 bits per heavy atom. The van der Waals surface area contributed by atoms with E-state index < -0.39 is 10.7 Å². The Labute approximate surface area is 96.1 Å². The lowest BCUT2D eigenvalue weighted by molar-refractivity contribution is -0.386. The van der Waals surface area contributed by atoms with Crippen molar-refractivity contribution >= 4 is 17.3 Å². The summed E-state index contributed by atoms with van der Waals surface area (Å²) in [6, 6.07) is 3.64. The zero-order valence-corrected chi connectivity index (χ0v) is 8.98. The van der Waals surface area contributed by atoms with E-state index in [0.717, 1.165) is 6.07 Å². The fourth-order valence-electron chi connectivity index (χ4n) is 1.52. The lowest BCUT2D eigenvalue weighted by Gasteiger charge is -2.30. The summed E-state index contributed by atoms with van der Waals surface area (Å²) in [5.41, 5.74) is -0.349. The second kappa shape index (κ2) is 4.25. The minimum atomic E-state index is -0.716. The summed E-state index contributed by atoms with van der Waals surface area (Å²) in [5, 5.41) is 10.7. The molecule has 1 aliphatic carbocycles. The van der Waals surface area contributed by atoms with Gasteiger partial charge in [0.15, 0.2) is 5.82 Å². The molecule has 1 aromatic rings. The predicted molar refractivity (Wildman–Crippen MR) is 56.3 cm³/mol. The first-order valence-electron chi connectivity index (χ1n) is 4.81. The van der Waals surface area contributed by atoms with Crippen molar-refractivity contribution in [2.75, 3.05) is 0 Å². The molecule has 1 fully saturated rings. The molecule has 86 valence electrons. The first-order chi connectivity index (χ1) is 7.58. The number of hydrogen-bond acceptors (Lipinski definition) is 3. The Bertz CT molecular complexity index is 421. The molecule has 0 N–H and O–H groups in total. The van der Waals surface area contributed by atoms with Gasteiger partial charge in [0.05, 0.1) is 4.92 Å². The normalized spacial score (nSPS) is 23.6. The van der Waals surface area contributed by atoms with Crippen LogP contribution >= 0.6 is 11.6 Å². The molecule has 2 rings (SSSR count). The number of nitro benzene ring substituents is 1. The maximum atomic E-state index is 13.4. The van der Waals surface area contributed by atoms with Crippen LogP contribution in [0.25, 0.3) is 0 Å². The van der Waals surface area contributed by atoms with E-state index in [4.69, 9.17) is 16.3 Å². The van der Waals surface area contributed by atoms with E-state index in [2.05, 4.69) is 0 Å². The highest BCUT2D eigenvalue weighted by Crippen LogP contribution is 2.35. The maximum Gasteiger partial charge on any atom is 0.314 e. The van der Waals surface area contributed by atoms with E-state index in [0.29, 0.717) is 12.8 Å². The summed E-state index contributed by atoms with van der Waals surface area (Å²) < 4.78 is 18.6. The van der Waals surface area contributed by atoms with Gasteiger partial charge in [-0.05, 0) is 6.07 Å². The minimum absolute atomic E-state index is 0.0239. The van der Waals surface area contributed by atoms with Gasteiger partial charge in [0.25, 0.3) is 0 Å². The Morgan fingerprint density at radius 2 is 2.19 bits per heavy atom. The highest BCUT2D eigenvalue weighted by Gasteiger charge is 2.32. The molecule has 0 spiro atoms. The van der Waals surface area contributed by atoms with Crippen LogP contribution in [0.4, 0.5) is 10.1 Å². The van der Waals surface area contributed by atoms with E-state index >= 15 is 0 Å². The van der Waals surface area contributed by atoms with Crippen molar-refractivity contribution in [2.45, 2.75) is 24.3 Å². The van der Waals surface area contributed by atoms with Gasteiger partial charge in [-0.15, -0.1) is 11.6 Å². The van der Waals surface area contributed by atoms with Crippen LogP contribution in [0.15, 0.2) is 18.2 Å². The molecule has 1 aromatic carbocycles. The molecule has 0 unspecified atom stereocenters. The van der Waals surface area contributed by atoms with Crippen molar-refractivity contribution in [3.63, 3.8) is 0 Å². The molecule has 1 saturated carbocycles. The van der Waals surface area contributed by atoms with E-state index in [1.807, 2.05) is 0 Å². The lowest BCUT2D eigenvalue weighted by Crippen LogP contribution is -2.34. The Hall–Kier alpha value is -1.36. The molecular weight excluding hydrogens is 237 g/mol. The van der Waals surface area contributed by atoms with Crippen LogP contribution in [-0.4, -0.2) is 16.4 Å². The van der Waals surface area contributed by atoms with Gasteiger partial charge in [-0.1, -0.05) is 6.07 Å². The SMILES string of the molecule is O=[N+]([O-])c1cccc(F)c1OC1CC(Cl)C1. The second-order valence-corrected chi connectivity index (χ2v) is 4.27. The third-order valence-corrected chi connectivity index (χ3v) is 2.82. The van der Waals surface area contributed by atoms with E-state index in [9.17, 15) is 14.5 Å². The topological polar surface area (TPSA) is 52.4 Å². The number of nitrogens with zero attached hydrogens (tertiary/aromatic N) is 1. The molecular formula is C10H9ClFNO3. The molecule has 0 heterocycles. The van der Waals surface area contributed by atoms with E-state index in [1.165, 1.54) is 12.1 Å². The van der Waals surface area contributed by atoms with Crippen molar-refractivity contribution in [3.05, 3.63) is 34.1 Å². The number of nitro groups is 1. The highest BCUT2D eigenvalue weighted by molar-refractivity contribution is 6.21. The van der Waals surface area contributed by atoms with Gasteiger partial charge in [-0.2, -0.15) is 0 Å². The van der Waals surface area contributed by atoms with Crippen LogP contribution in [0.5, 0.6) is 5.75 Å². The molecule has 0 radical (unpaired) electrons. The first kappa shape index (κ1) is 11.1. The van der Waals surface area contributed by atoms with Crippen LogP contribution < -0.4 is 4.74 Å². The van der Waals surface area contributed by atoms with Gasteiger partial charge < -0.3 is 4.74 Å². The fraction of sp³-hybridized carbons (Fsp3) is 0.400.